The van der Waals surface area contributed by atoms with Crippen LogP contribution in [0.2, 0.25) is 0 Å². The van der Waals surface area contributed by atoms with E-state index in [0.29, 0.717) is 23.1 Å². The molecule has 0 fully saturated rings. The Balaban J connectivity index is 2.20. The Morgan fingerprint density at radius 1 is 1.53 bits per heavy atom. The van der Waals surface area contributed by atoms with Gasteiger partial charge in [-0.3, -0.25) is 4.72 Å². The molecule has 2 rings (SSSR count). The third-order valence-electron chi connectivity index (χ3n) is 2.62. The standard InChI is InChI=1S/C12H14BrN3O2S/c1-2-3-4-7-19(17,18)16-12-11(13)9-5-6-14-10(9)8-15-12/h2,5-6,8,14H,1,3-4,7H2,(H,15,16). The summed E-state index contributed by atoms with van der Waals surface area (Å²) < 4.78 is 26.9. The van der Waals surface area contributed by atoms with Crippen LogP contribution < -0.4 is 4.72 Å². The summed E-state index contributed by atoms with van der Waals surface area (Å²) in [6, 6.07) is 1.86. The molecule has 0 aromatic carbocycles. The van der Waals surface area contributed by atoms with Crippen molar-refractivity contribution in [1.29, 1.82) is 0 Å². The van der Waals surface area contributed by atoms with Gasteiger partial charge in [0.05, 0.1) is 21.9 Å². The van der Waals surface area contributed by atoms with Gasteiger partial charge in [0.15, 0.2) is 5.82 Å². The summed E-state index contributed by atoms with van der Waals surface area (Å²) in [7, 11) is -3.38. The van der Waals surface area contributed by atoms with Gasteiger partial charge in [0.25, 0.3) is 0 Å². The van der Waals surface area contributed by atoms with E-state index in [1.807, 2.05) is 6.07 Å². The first kappa shape index (κ1) is 14.1. The zero-order valence-electron chi connectivity index (χ0n) is 10.2. The van der Waals surface area contributed by atoms with Crippen LogP contribution in [0.3, 0.4) is 0 Å². The van der Waals surface area contributed by atoms with Crippen LogP contribution in [0.5, 0.6) is 0 Å². The van der Waals surface area contributed by atoms with E-state index >= 15 is 0 Å². The Bertz CT molecular complexity index is 694. The van der Waals surface area contributed by atoms with Gasteiger partial charge in [-0.25, -0.2) is 13.4 Å². The highest BCUT2D eigenvalue weighted by molar-refractivity contribution is 9.10. The molecule has 2 N–H and O–H groups in total. The number of allylic oxidation sites excluding steroid dienone is 1. The molecule has 2 aromatic rings. The predicted octanol–water partition coefficient (Wildman–Crippen LogP) is 3.03. The summed E-state index contributed by atoms with van der Waals surface area (Å²) in [6.07, 6.45) is 6.30. The number of anilines is 1. The van der Waals surface area contributed by atoms with Gasteiger partial charge in [-0.1, -0.05) is 6.08 Å². The zero-order valence-corrected chi connectivity index (χ0v) is 12.6. The van der Waals surface area contributed by atoms with Crippen LogP contribution in [0.15, 0.2) is 35.6 Å². The van der Waals surface area contributed by atoms with Crippen LogP contribution in [0.25, 0.3) is 10.9 Å². The molecule has 0 saturated heterocycles. The van der Waals surface area contributed by atoms with E-state index in [1.54, 1.807) is 18.5 Å². The Labute approximate surface area is 120 Å². The molecular formula is C12H14BrN3O2S. The minimum atomic E-state index is -3.38. The average Bonchev–Trinajstić information content (AvgIpc) is 2.82. The van der Waals surface area contributed by atoms with Crippen molar-refractivity contribution in [3.8, 4) is 0 Å². The first-order chi connectivity index (χ1) is 9.03. The number of pyridine rings is 1. The maximum absolute atomic E-state index is 11.9. The molecule has 0 amide bonds. The smallest absolute Gasteiger partial charge is 0.233 e. The molecule has 0 atom stereocenters. The van der Waals surface area contributed by atoms with Gasteiger partial charge in [-0.2, -0.15) is 0 Å². The summed E-state index contributed by atoms with van der Waals surface area (Å²) in [6.45, 7) is 3.57. The Hall–Kier alpha value is -1.34. The number of unbranched alkanes of at least 4 members (excludes halogenated alkanes) is 1. The van der Waals surface area contributed by atoms with E-state index in [2.05, 4.69) is 37.2 Å². The van der Waals surface area contributed by atoms with Crippen molar-refractivity contribution < 1.29 is 8.42 Å². The summed E-state index contributed by atoms with van der Waals surface area (Å²) in [5.41, 5.74) is 0.849. The second kappa shape index (κ2) is 5.75. The second-order valence-electron chi connectivity index (χ2n) is 4.08. The predicted molar refractivity (Wildman–Crippen MR) is 80.6 cm³/mol. The number of aromatic nitrogens is 2. The van der Waals surface area contributed by atoms with Gasteiger partial charge < -0.3 is 4.98 Å². The number of hydrogen-bond acceptors (Lipinski definition) is 3. The van der Waals surface area contributed by atoms with Gasteiger partial charge >= 0.3 is 0 Å². The van der Waals surface area contributed by atoms with Crippen molar-refractivity contribution in [2.45, 2.75) is 12.8 Å². The van der Waals surface area contributed by atoms with E-state index in [9.17, 15) is 8.42 Å². The number of fused-ring (bicyclic) bond motifs is 1. The molecule has 0 unspecified atom stereocenters. The molecule has 0 bridgehead atoms. The molecule has 5 nitrogen and oxygen atoms in total. The van der Waals surface area contributed by atoms with Crippen LogP contribution in [0, 0.1) is 0 Å². The highest BCUT2D eigenvalue weighted by Crippen LogP contribution is 2.29. The summed E-state index contributed by atoms with van der Waals surface area (Å²) in [5.74, 6) is 0.365. The maximum atomic E-state index is 11.9. The largest absolute Gasteiger partial charge is 0.360 e. The fourth-order valence-electron chi connectivity index (χ4n) is 1.68. The lowest BCUT2D eigenvalue weighted by Crippen LogP contribution is -2.17. The van der Waals surface area contributed by atoms with Crippen molar-refractivity contribution in [2.75, 3.05) is 10.5 Å². The number of halogens is 1. The van der Waals surface area contributed by atoms with Crippen LogP contribution in [-0.4, -0.2) is 24.1 Å². The Kier molecular flexibility index (Phi) is 4.26. The summed E-state index contributed by atoms with van der Waals surface area (Å²) in [5, 5.41) is 0.888. The zero-order chi connectivity index (χ0) is 13.9. The molecule has 0 radical (unpaired) electrons. The molecular weight excluding hydrogens is 330 g/mol. The molecule has 2 heterocycles. The van der Waals surface area contributed by atoms with Gasteiger partial charge in [0.2, 0.25) is 10.0 Å². The van der Waals surface area contributed by atoms with Crippen molar-refractivity contribution in [3.05, 3.63) is 35.6 Å². The number of rotatable bonds is 6. The fourth-order valence-corrected chi connectivity index (χ4v) is 3.46. The van der Waals surface area contributed by atoms with Crippen LogP contribution in [0.4, 0.5) is 5.82 Å². The number of hydrogen-bond donors (Lipinski definition) is 2. The lowest BCUT2D eigenvalue weighted by atomic mass is 10.3. The first-order valence-corrected chi connectivity index (χ1v) is 8.21. The number of aromatic amines is 1. The number of H-pyrrole nitrogens is 1. The molecule has 0 spiro atoms. The Morgan fingerprint density at radius 2 is 2.32 bits per heavy atom. The van der Waals surface area contributed by atoms with Gasteiger partial charge in [-0.05, 0) is 34.8 Å². The van der Waals surface area contributed by atoms with E-state index in [0.717, 1.165) is 10.9 Å². The quantitative estimate of drug-likeness (QED) is 0.625. The average molecular weight is 344 g/mol. The Morgan fingerprint density at radius 3 is 3.05 bits per heavy atom. The van der Waals surface area contributed by atoms with Crippen LogP contribution in [-0.2, 0) is 10.0 Å². The maximum Gasteiger partial charge on any atom is 0.233 e. The number of nitrogens with zero attached hydrogens (tertiary/aromatic N) is 1. The van der Waals surface area contributed by atoms with E-state index in [-0.39, 0.29) is 5.75 Å². The fraction of sp³-hybridized carbons (Fsp3) is 0.250. The lowest BCUT2D eigenvalue weighted by Gasteiger charge is -2.08. The van der Waals surface area contributed by atoms with Crippen molar-refractivity contribution in [1.82, 2.24) is 9.97 Å². The number of sulfonamides is 1. The van der Waals surface area contributed by atoms with Crippen molar-refractivity contribution in [2.24, 2.45) is 0 Å². The molecule has 0 aliphatic heterocycles. The minimum Gasteiger partial charge on any atom is -0.360 e. The summed E-state index contributed by atoms with van der Waals surface area (Å²) >= 11 is 3.37. The normalized spacial score (nSPS) is 11.6. The molecule has 0 aliphatic carbocycles. The van der Waals surface area contributed by atoms with Gasteiger partial charge in [0.1, 0.15) is 0 Å². The van der Waals surface area contributed by atoms with Crippen LogP contribution >= 0.6 is 15.9 Å². The molecule has 0 aliphatic rings. The van der Waals surface area contributed by atoms with Gasteiger partial charge in [-0.15, -0.1) is 6.58 Å². The first-order valence-electron chi connectivity index (χ1n) is 5.76. The SMILES string of the molecule is C=CCCCS(=O)(=O)Nc1ncc2[nH]ccc2c1Br. The molecule has 19 heavy (non-hydrogen) atoms. The second-order valence-corrected chi connectivity index (χ2v) is 6.71. The third kappa shape index (κ3) is 3.36. The molecule has 2 aromatic heterocycles. The van der Waals surface area contributed by atoms with E-state index < -0.39 is 10.0 Å². The monoisotopic (exact) mass is 343 g/mol. The topological polar surface area (TPSA) is 74.8 Å². The van der Waals surface area contributed by atoms with Crippen LogP contribution in [0.1, 0.15) is 12.8 Å². The number of nitrogens with one attached hydrogen (secondary N) is 2. The molecule has 0 saturated carbocycles. The molecule has 7 heteroatoms. The summed E-state index contributed by atoms with van der Waals surface area (Å²) in [4.78, 5) is 7.12. The van der Waals surface area contributed by atoms with E-state index in [4.69, 9.17) is 0 Å². The minimum absolute atomic E-state index is 0.0539. The van der Waals surface area contributed by atoms with Gasteiger partial charge in [0, 0.05) is 11.6 Å². The van der Waals surface area contributed by atoms with Crippen molar-refractivity contribution in [3.63, 3.8) is 0 Å². The van der Waals surface area contributed by atoms with Crippen molar-refractivity contribution >= 4 is 42.7 Å². The van der Waals surface area contributed by atoms with E-state index in [1.165, 1.54) is 0 Å². The highest BCUT2D eigenvalue weighted by Gasteiger charge is 2.14. The third-order valence-corrected chi connectivity index (χ3v) is 4.75. The highest BCUT2D eigenvalue weighted by atomic mass is 79.9. The lowest BCUT2D eigenvalue weighted by molar-refractivity contribution is 0.598. The molecule has 102 valence electrons.